The number of phenolic OH excluding ortho intramolecular Hbond substituents is 1. The highest BCUT2D eigenvalue weighted by molar-refractivity contribution is 6.02. The van der Waals surface area contributed by atoms with E-state index in [1.807, 2.05) is 42.5 Å². The van der Waals surface area contributed by atoms with E-state index in [0.717, 1.165) is 16.3 Å². The summed E-state index contributed by atoms with van der Waals surface area (Å²) in [6.45, 7) is 1.37. The van der Waals surface area contributed by atoms with Crippen molar-refractivity contribution in [2.45, 2.75) is 19.4 Å². The van der Waals surface area contributed by atoms with Gasteiger partial charge >= 0.3 is 0 Å². The van der Waals surface area contributed by atoms with Crippen molar-refractivity contribution in [3.8, 4) is 5.75 Å². The highest BCUT2D eigenvalue weighted by Gasteiger charge is 2.18. The van der Waals surface area contributed by atoms with Crippen LogP contribution in [-0.4, -0.2) is 22.8 Å². The number of phenols is 1. The van der Waals surface area contributed by atoms with Gasteiger partial charge in [-0.1, -0.05) is 54.6 Å². The molecular formula is C22H21N3O4. The molecule has 1 atom stereocenters. The predicted octanol–water partition coefficient (Wildman–Crippen LogP) is 2.57. The first-order chi connectivity index (χ1) is 13.9. The fourth-order valence-corrected chi connectivity index (χ4v) is 3.02. The van der Waals surface area contributed by atoms with Crippen molar-refractivity contribution in [3.05, 3.63) is 77.9 Å². The number of carbonyl (C=O) groups is 3. The number of rotatable bonds is 5. The van der Waals surface area contributed by atoms with E-state index in [1.54, 1.807) is 18.2 Å². The summed E-state index contributed by atoms with van der Waals surface area (Å²) >= 11 is 0. The van der Waals surface area contributed by atoms with Crippen LogP contribution in [0.15, 0.2) is 66.7 Å². The van der Waals surface area contributed by atoms with E-state index >= 15 is 0 Å². The first-order valence-electron chi connectivity index (χ1n) is 9.07. The summed E-state index contributed by atoms with van der Waals surface area (Å²) in [4.78, 5) is 36.2. The van der Waals surface area contributed by atoms with Crippen molar-refractivity contribution in [2.24, 2.45) is 0 Å². The van der Waals surface area contributed by atoms with Crippen molar-refractivity contribution in [2.75, 3.05) is 0 Å². The number of hydrazine groups is 1. The van der Waals surface area contributed by atoms with Crippen molar-refractivity contribution in [1.82, 2.24) is 16.2 Å². The van der Waals surface area contributed by atoms with Crippen molar-refractivity contribution in [1.29, 1.82) is 0 Å². The zero-order chi connectivity index (χ0) is 20.8. The summed E-state index contributed by atoms with van der Waals surface area (Å²) < 4.78 is 0. The van der Waals surface area contributed by atoms with Crippen LogP contribution in [0.1, 0.15) is 35.3 Å². The van der Waals surface area contributed by atoms with Crippen LogP contribution in [0.5, 0.6) is 5.75 Å². The molecule has 0 spiro atoms. The largest absolute Gasteiger partial charge is 0.507 e. The van der Waals surface area contributed by atoms with E-state index in [0.29, 0.717) is 0 Å². The zero-order valence-electron chi connectivity index (χ0n) is 15.8. The zero-order valence-corrected chi connectivity index (χ0v) is 15.8. The van der Waals surface area contributed by atoms with Crippen LogP contribution < -0.4 is 16.2 Å². The molecule has 0 fully saturated rings. The van der Waals surface area contributed by atoms with Gasteiger partial charge in [-0.15, -0.1) is 0 Å². The van der Waals surface area contributed by atoms with Gasteiger partial charge in [0.1, 0.15) is 5.75 Å². The molecule has 0 heterocycles. The topological polar surface area (TPSA) is 108 Å². The van der Waals surface area contributed by atoms with Gasteiger partial charge in [-0.25, -0.2) is 0 Å². The smallest absolute Gasteiger partial charge is 0.273 e. The maximum absolute atomic E-state index is 12.4. The summed E-state index contributed by atoms with van der Waals surface area (Å²) in [5.41, 5.74) is 5.45. The summed E-state index contributed by atoms with van der Waals surface area (Å²) in [6.07, 6.45) is -0.0619. The lowest BCUT2D eigenvalue weighted by Crippen LogP contribution is -2.43. The van der Waals surface area contributed by atoms with E-state index in [9.17, 15) is 19.5 Å². The van der Waals surface area contributed by atoms with E-state index < -0.39 is 17.9 Å². The van der Waals surface area contributed by atoms with Crippen molar-refractivity contribution < 1.29 is 19.5 Å². The highest BCUT2D eigenvalue weighted by atomic mass is 16.3. The second kappa shape index (κ2) is 8.88. The fraction of sp³-hybridized carbons (Fsp3) is 0.136. The molecule has 7 heteroatoms. The maximum Gasteiger partial charge on any atom is 0.273 e. The number of carbonyl (C=O) groups excluding carboxylic acids is 3. The lowest BCUT2D eigenvalue weighted by molar-refractivity contribution is -0.123. The van der Waals surface area contributed by atoms with Gasteiger partial charge in [0.2, 0.25) is 11.8 Å². The van der Waals surface area contributed by atoms with Gasteiger partial charge in [-0.2, -0.15) is 0 Å². The van der Waals surface area contributed by atoms with E-state index in [4.69, 9.17) is 0 Å². The molecular weight excluding hydrogens is 370 g/mol. The summed E-state index contributed by atoms with van der Waals surface area (Å²) in [5.74, 6) is -1.58. The number of amides is 3. The van der Waals surface area contributed by atoms with Crippen LogP contribution in [0.25, 0.3) is 10.8 Å². The van der Waals surface area contributed by atoms with Crippen LogP contribution >= 0.6 is 0 Å². The highest BCUT2D eigenvalue weighted by Crippen LogP contribution is 2.24. The van der Waals surface area contributed by atoms with Gasteiger partial charge in [-0.05, 0) is 28.5 Å². The van der Waals surface area contributed by atoms with Crippen LogP contribution in [0, 0.1) is 0 Å². The van der Waals surface area contributed by atoms with Gasteiger partial charge in [0, 0.05) is 6.92 Å². The van der Waals surface area contributed by atoms with Gasteiger partial charge in [0.25, 0.3) is 5.91 Å². The van der Waals surface area contributed by atoms with Crippen LogP contribution in [0.4, 0.5) is 0 Å². The number of aromatic hydroxyl groups is 1. The molecule has 29 heavy (non-hydrogen) atoms. The molecule has 0 radical (unpaired) electrons. The Balaban J connectivity index is 1.65. The van der Waals surface area contributed by atoms with Crippen LogP contribution in [0.2, 0.25) is 0 Å². The monoisotopic (exact) mass is 391 g/mol. The SMILES string of the molecule is CC(=O)N[C@@H](CC(=O)NNC(=O)c1cc2ccccc2cc1O)c1ccccc1. The minimum absolute atomic E-state index is 0.0467. The molecule has 0 saturated heterocycles. The second-order valence-corrected chi connectivity index (χ2v) is 6.59. The molecule has 7 nitrogen and oxygen atoms in total. The Labute approximate surface area is 167 Å². The number of hydrogen-bond donors (Lipinski definition) is 4. The molecule has 0 bridgehead atoms. The summed E-state index contributed by atoms with van der Waals surface area (Å²) in [6, 6.07) is 18.9. The number of fused-ring (bicyclic) bond motifs is 1. The predicted molar refractivity (Wildman–Crippen MR) is 109 cm³/mol. The average molecular weight is 391 g/mol. The van der Waals surface area contributed by atoms with Crippen LogP contribution in [0.3, 0.4) is 0 Å². The van der Waals surface area contributed by atoms with Crippen molar-refractivity contribution in [3.63, 3.8) is 0 Å². The Morgan fingerprint density at radius 1 is 0.897 bits per heavy atom. The third-order valence-corrected chi connectivity index (χ3v) is 4.39. The maximum atomic E-state index is 12.4. The molecule has 3 aromatic carbocycles. The fourth-order valence-electron chi connectivity index (χ4n) is 3.02. The summed E-state index contributed by atoms with van der Waals surface area (Å²) in [7, 11) is 0. The van der Waals surface area contributed by atoms with E-state index in [1.165, 1.54) is 13.0 Å². The lowest BCUT2D eigenvalue weighted by Gasteiger charge is -2.18. The molecule has 3 aromatic rings. The molecule has 0 aromatic heterocycles. The quantitative estimate of drug-likeness (QED) is 0.501. The third-order valence-electron chi connectivity index (χ3n) is 4.39. The molecule has 0 saturated carbocycles. The number of hydrogen-bond acceptors (Lipinski definition) is 4. The molecule has 0 aliphatic heterocycles. The second-order valence-electron chi connectivity index (χ2n) is 6.59. The molecule has 4 N–H and O–H groups in total. The van der Waals surface area contributed by atoms with Crippen molar-refractivity contribution >= 4 is 28.5 Å². The molecule has 0 aliphatic rings. The Hall–Kier alpha value is -3.87. The molecule has 0 unspecified atom stereocenters. The lowest BCUT2D eigenvalue weighted by atomic mass is 10.0. The molecule has 3 amide bonds. The third kappa shape index (κ3) is 5.10. The van der Waals surface area contributed by atoms with Gasteiger partial charge < -0.3 is 10.4 Å². The minimum Gasteiger partial charge on any atom is -0.507 e. The first-order valence-corrected chi connectivity index (χ1v) is 9.07. The minimum atomic E-state index is -0.641. The Morgan fingerprint density at radius 3 is 2.17 bits per heavy atom. The van der Waals surface area contributed by atoms with Gasteiger partial charge in [0.05, 0.1) is 18.0 Å². The Kier molecular flexibility index (Phi) is 6.09. The van der Waals surface area contributed by atoms with E-state index in [-0.39, 0.29) is 23.6 Å². The molecule has 3 rings (SSSR count). The van der Waals surface area contributed by atoms with Gasteiger partial charge in [-0.3, -0.25) is 25.2 Å². The molecule has 0 aliphatic carbocycles. The number of benzene rings is 3. The summed E-state index contributed by atoms with van der Waals surface area (Å²) in [5, 5.41) is 14.4. The Morgan fingerprint density at radius 2 is 1.52 bits per heavy atom. The Bertz CT molecular complexity index is 1050. The average Bonchev–Trinajstić information content (AvgIpc) is 2.71. The standard InChI is InChI=1S/C22H21N3O4/c1-14(26)23-19(15-7-3-2-4-8-15)13-21(28)24-25-22(29)18-11-16-9-5-6-10-17(16)12-20(18)27/h2-12,19,27H,13H2,1H3,(H,23,26)(H,24,28)(H,25,29)/t19-/m0/s1. The normalized spacial score (nSPS) is 11.5. The van der Waals surface area contributed by atoms with E-state index in [2.05, 4.69) is 16.2 Å². The van der Waals surface area contributed by atoms with Crippen LogP contribution in [-0.2, 0) is 9.59 Å². The van der Waals surface area contributed by atoms with Gasteiger partial charge in [0.15, 0.2) is 0 Å². The molecule has 148 valence electrons. The first kappa shape index (κ1) is 19.9. The number of nitrogens with one attached hydrogen (secondary N) is 3.